The first-order valence-electron chi connectivity index (χ1n) is 5.41. The highest BCUT2D eigenvalue weighted by molar-refractivity contribution is 9.09. The lowest BCUT2D eigenvalue weighted by Gasteiger charge is -2.20. The fourth-order valence-corrected chi connectivity index (χ4v) is 3.29. The molecular weight excluding hydrogens is 300 g/mol. The zero-order valence-electron chi connectivity index (χ0n) is 9.89. The van der Waals surface area contributed by atoms with Crippen LogP contribution in [-0.4, -0.2) is 36.5 Å². The van der Waals surface area contributed by atoms with Crippen LogP contribution in [0.2, 0.25) is 0 Å². The Kier molecular flexibility index (Phi) is 4.36. The highest BCUT2D eigenvalue weighted by Gasteiger charge is 2.13. The largest absolute Gasteiger partial charge is 0.383 e. The lowest BCUT2D eigenvalue weighted by atomic mass is 10.2. The Labute approximate surface area is 114 Å². The molecule has 0 N–H and O–H groups in total. The second kappa shape index (κ2) is 5.80. The van der Waals surface area contributed by atoms with Crippen molar-refractivity contribution in [3.63, 3.8) is 0 Å². The number of ether oxygens (including phenoxy) is 1. The van der Waals surface area contributed by atoms with E-state index < -0.39 is 0 Å². The zero-order valence-corrected chi connectivity index (χ0v) is 12.3. The van der Waals surface area contributed by atoms with Gasteiger partial charge in [-0.1, -0.05) is 28.1 Å². The molecule has 1 aromatic heterocycles. The average molecular weight is 315 g/mol. The van der Waals surface area contributed by atoms with Gasteiger partial charge in [-0.25, -0.2) is 0 Å². The van der Waals surface area contributed by atoms with Gasteiger partial charge in [-0.05, 0) is 23.7 Å². The van der Waals surface area contributed by atoms with Gasteiger partial charge in [-0.3, -0.25) is 0 Å². The second-order valence-electron chi connectivity index (χ2n) is 3.94. The normalized spacial score (nSPS) is 12.9. The Morgan fingerprint density at radius 2 is 2.24 bits per heavy atom. The van der Waals surface area contributed by atoms with E-state index in [0.717, 1.165) is 12.1 Å². The minimum atomic E-state index is 0.332. The van der Waals surface area contributed by atoms with Gasteiger partial charge in [0.2, 0.25) is 0 Å². The number of nitrogens with zero attached hydrogens (tertiary/aromatic N) is 2. The minimum Gasteiger partial charge on any atom is -0.383 e. The fourth-order valence-electron chi connectivity index (χ4n) is 1.76. The number of benzene rings is 1. The van der Waals surface area contributed by atoms with E-state index in [1.54, 1.807) is 18.6 Å². The molecule has 0 aliphatic heterocycles. The van der Waals surface area contributed by atoms with E-state index >= 15 is 0 Å². The third-order valence-electron chi connectivity index (χ3n) is 2.53. The van der Waals surface area contributed by atoms with Gasteiger partial charge >= 0.3 is 0 Å². The van der Waals surface area contributed by atoms with Crippen LogP contribution in [0, 0.1) is 0 Å². The third-order valence-corrected chi connectivity index (χ3v) is 4.08. The standard InChI is InChI=1S/C12H15BrN2OS/c1-15(7-9(13)8-16-2)12-10-5-3-4-6-11(10)14-17-12/h3-6,9H,7-8H2,1-2H3. The molecule has 0 amide bonds. The molecule has 1 atom stereocenters. The molecule has 0 aliphatic rings. The summed E-state index contributed by atoms with van der Waals surface area (Å²) in [5, 5.41) is 2.43. The topological polar surface area (TPSA) is 25.4 Å². The molecule has 0 saturated carbocycles. The fraction of sp³-hybridized carbons (Fsp3) is 0.417. The summed E-state index contributed by atoms with van der Waals surface area (Å²) in [5.41, 5.74) is 1.07. The van der Waals surface area contributed by atoms with E-state index in [1.807, 2.05) is 12.1 Å². The van der Waals surface area contributed by atoms with Gasteiger partial charge in [0, 0.05) is 26.1 Å². The van der Waals surface area contributed by atoms with Gasteiger partial charge in [0.25, 0.3) is 0 Å². The van der Waals surface area contributed by atoms with Crippen LogP contribution in [0.1, 0.15) is 0 Å². The Hall–Kier alpha value is -0.650. The van der Waals surface area contributed by atoms with Crippen molar-refractivity contribution in [3.8, 4) is 0 Å². The second-order valence-corrected chi connectivity index (χ2v) is 5.98. The number of aromatic nitrogens is 1. The number of hydrogen-bond donors (Lipinski definition) is 0. The number of halogens is 1. The molecule has 0 radical (unpaired) electrons. The van der Waals surface area contributed by atoms with Crippen LogP contribution in [0.5, 0.6) is 0 Å². The third kappa shape index (κ3) is 2.97. The van der Waals surface area contributed by atoms with Crippen molar-refractivity contribution < 1.29 is 4.74 Å². The van der Waals surface area contributed by atoms with Crippen molar-refractivity contribution in [2.45, 2.75) is 4.83 Å². The number of methoxy groups -OCH3 is 1. The van der Waals surface area contributed by atoms with Gasteiger partial charge in [0.15, 0.2) is 0 Å². The van der Waals surface area contributed by atoms with Gasteiger partial charge in [0.05, 0.1) is 17.0 Å². The molecule has 0 bridgehead atoms. The molecule has 1 aromatic carbocycles. The van der Waals surface area contributed by atoms with Gasteiger partial charge in [0.1, 0.15) is 5.00 Å². The van der Waals surface area contributed by atoms with Crippen LogP contribution in [-0.2, 0) is 4.74 Å². The highest BCUT2D eigenvalue weighted by Crippen LogP contribution is 2.30. The number of rotatable bonds is 5. The average Bonchev–Trinajstić information content (AvgIpc) is 2.72. The lowest BCUT2D eigenvalue weighted by Crippen LogP contribution is -2.27. The summed E-state index contributed by atoms with van der Waals surface area (Å²) < 4.78 is 9.57. The van der Waals surface area contributed by atoms with Crippen LogP contribution in [0.3, 0.4) is 0 Å². The molecule has 2 aromatic rings. The van der Waals surface area contributed by atoms with E-state index in [0.29, 0.717) is 11.4 Å². The van der Waals surface area contributed by atoms with Crippen LogP contribution in [0.25, 0.3) is 10.9 Å². The molecule has 0 spiro atoms. The Morgan fingerprint density at radius 1 is 1.47 bits per heavy atom. The van der Waals surface area contributed by atoms with E-state index in [9.17, 15) is 0 Å². The summed E-state index contributed by atoms with van der Waals surface area (Å²) in [5.74, 6) is 0. The number of hydrogen-bond acceptors (Lipinski definition) is 4. The maximum absolute atomic E-state index is 5.12. The molecule has 0 saturated heterocycles. The van der Waals surface area contributed by atoms with Crippen LogP contribution in [0.15, 0.2) is 24.3 Å². The SMILES string of the molecule is COCC(Br)CN(C)c1snc2ccccc12. The number of anilines is 1. The summed E-state index contributed by atoms with van der Waals surface area (Å²) >= 11 is 5.15. The Balaban J connectivity index is 2.16. The van der Waals surface area contributed by atoms with Crippen molar-refractivity contribution in [1.82, 2.24) is 4.37 Å². The highest BCUT2D eigenvalue weighted by atomic mass is 79.9. The molecule has 0 fully saturated rings. The van der Waals surface area contributed by atoms with Crippen LogP contribution in [0.4, 0.5) is 5.00 Å². The Bertz CT molecular complexity index is 488. The number of alkyl halides is 1. The summed E-state index contributed by atoms with van der Waals surface area (Å²) in [4.78, 5) is 2.55. The van der Waals surface area contributed by atoms with Crippen molar-refractivity contribution in [2.75, 3.05) is 32.2 Å². The molecule has 1 unspecified atom stereocenters. The quantitative estimate of drug-likeness (QED) is 0.793. The molecule has 92 valence electrons. The summed E-state index contributed by atoms with van der Waals surface area (Å²) in [6.45, 7) is 1.61. The van der Waals surface area contributed by atoms with Crippen LogP contribution >= 0.6 is 27.5 Å². The molecule has 2 rings (SSSR count). The first-order valence-corrected chi connectivity index (χ1v) is 7.10. The van der Waals surface area contributed by atoms with Crippen molar-refractivity contribution >= 4 is 43.4 Å². The van der Waals surface area contributed by atoms with Crippen molar-refractivity contribution in [3.05, 3.63) is 24.3 Å². The summed E-state index contributed by atoms with van der Waals surface area (Å²) in [6.07, 6.45) is 0. The maximum Gasteiger partial charge on any atom is 0.119 e. The van der Waals surface area contributed by atoms with E-state index in [1.165, 1.54) is 10.4 Å². The molecule has 0 aliphatic carbocycles. The molecular formula is C12H15BrN2OS. The van der Waals surface area contributed by atoms with Gasteiger partial charge < -0.3 is 9.64 Å². The molecule has 1 heterocycles. The zero-order chi connectivity index (χ0) is 12.3. The molecule has 17 heavy (non-hydrogen) atoms. The predicted octanol–water partition coefficient (Wildman–Crippen LogP) is 3.14. The summed E-state index contributed by atoms with van der Waals surface area (Å²) in [7, 11) is 3.81. The van der Waals surface area contributed by atoms with Crippen molar-refractivity contribution in [2.24, 2.45) is 0 Å². The molecule has 3 nitrogen and oxygen atoms in total. The number of fused-ring (bicyclic) bond motifs is 1. The lowest BCUT2D eigenvalue weighted by molar-refractivity contribution is 0.202. The predicted molar refractivity (Wildman–Crippen MR) is 77.5 cm³/mol. The summed E-state index contributed by atoms with van der Waals surface area (Å²) in [6, 6.07) is 8.23. The minimum absolute atomic E-state index is 0.332. The maximum atomic E-state index is 5.12. The first kappa shape index (κ1) is 12.8. The smallest absolute Gasteiger partial charge is 0.119 e. The monoisotopic (exact) mass is 314 g/mol. The van der Waals surface area contributed by atoms with E-state index in [2.05, 4.69) is 44.4 Å². The van der Waals surface area contributed by atoms with E-state index in [-0.39, 0.29) is 0 Å². The van der Waals surface area contributed by atoms with Gasteiger partial charge in [-0.2, -0.15) is 4.37 Å². The Morgan fingerprint density at radius 3 is 3.00 bits per heavy atom. The first-order chi connectivity index (χ1) is 8.22. The van der Waals surface area contributed by atoms with E-state index in [4.69, 9.17) is 4.74 Å². The van der Waals surface area contributed by atoms with Gasteiger partial charge in [-0.15, -0.1) is 0 Å². The van der Waals surface area contributed by atoms with Crippen molar-refractivity contribution in [1.29, 1.82) is 0 Å². The molecule has 5 heteroatoms. The van der Waals surface area contributed by atoms with Crippen LogP contribution < -0.4 is 4.90 Å².